The van der Waals surface area contributed by atoms with Crippen LogP contribution in [-0.4, -0.2) is 31.9 Å². The number of aliphatic hydroxyl groups is 1. The van der Waals surface area contributed by atoms with Crippen molar-refractivity contribution in [3.8, 4) is 0 Å². The zero-order chi connectivity index (χ0) is 13.0. The number of benzene rings is 1. The van der Waals surface area contributed by atoms with Crippen LogP contribution < -0.4 is 10.2 Å². The molecule has 0 spiro atoms. The van der Waals surface area contributed by atoms with Crippen LogP contribution in [0.5, 0.6) is 0 Å². The van der Waals surface area contributed by atoms with E-state index in [1.54, 1.807) is 0 Å². The van der Waals surface area contributed by atoms with Gasteiger partial charge in [-0.15, -0.1) is 0 Å². The van der Waals surface area contributed by atoms with E-state index < -0.39 is 0 Å². The molecule has 0 aromatic heterocycles. The maximum absolute atomic E-state index is 9.18. The van der Waals surface area contributed by atoms with Crippen LogP contribution in [0.15, 0.2) is 24.3 Å². The third kappa shape index (κ3) is 2.85. The third-order valence-electron chi connectivity index (χ3n) is 3.96. The average molecular weight is 248 g/mol. The molecule has 0 saturated carbocycles. The highest BCUT2D eigenvalue weighted by Crippen LogP contribution is 2.25. The summed E-state index contributed by atoms with van der Waals surface area (Å²) in [5, 5.41) is 12.5. The summed E-state index contributed by atoms with van der Waals surface area (Å²) < 4.78 is 0. The quantitative estimate of drug-likeness (QED) is 0.838. The second kappa shape index (κ2) is 6.21. The fraction of sp³-hybridized carbons (Fsp3) is 0.600. The number of hydrogen-bond donors (Lipinski definition) is 2. The first-order valence-electron chi connectivity index (χ1n) is 6.91. The van der Waals surface area contributed by atoms with Crippen molar-refractivity contribution in [3.63, 3.8) is 0 Å². The van der Waals surface area contributed by atoms with Gasteiger partial charge in [0, 0.05) is 37.3 Å². The van der Waals surface area contributed by atoms with Crippen molar-refractivity contribution in [2.45, 2.75) is 25.8 Å². The normalized spacial score (nSPS) is 21.3. The molecule has 0 amide bonds. The van der Waals surface area contributed by atoms with Crippen molar-refractivity contribution in [3.05, 3.63) is 29.8 Å². The Bertz CT molecular complexity index is 359. The summed E-state index contributed by atoms with van der Waals surface area (Å²) in [6, 6.07) is 9.28. The van der Waals surface area contributed by atoms with Crippen LogP contribution in [0, 0.1) is 5.92 Å². The van der Waals surface area contributed by atoms with E-state index in [2.05, 4.69) is 41.4 Å². The minimum atomic E-state index is 0.312. The molecular weight excluding hydrogens is 224 g/mol. The first-order valence-corrected chi connectivity index (χ1v) is 6.91. The zero-order valence-electron chi connectivity index (χ0n) is 11.4. The molecule has 1 aliphatic rings. The van der Waals surface area contributed by atoms with Gasteiger partial charge in [-0.3, -0.25) is 0 Å². The molecule has 2 atom stereocenters. The van der Waals surface area contributed by atoms with Crippen molar-refractivity contribution < 1.29 is 5.11 Å². The molecule has 3 nitrogen and oxygen atoms in total. The summed E-state index contributed by atoms with van der Waals surface area (Å²) in [5.41, 5.74) is 2.63. The van der Waals surface area contributed by atoms with Gasteiger partial charge in [-0.2, -0.15) is 0 Å². The van der Waals surface area contributed by atoms with E-state index in [4.69, 9.17) is 0 Å². The molecule has 1 aliphatic heterocycles. The van der Waals surface area contributed by atoms with Crippen molar-refractivity contribution in [1.82, 2.24) is 5.32 Å². The SMILES string of the molecule is CCC(NC)c1ccc(N2CCC(CO)C2)cc1. The van der Waals surface area contributed by atoms with Gasteiger partial charge < -0.3 is 15.3 Å². The van der Waals surface area contributed by atoms with Gasteiger partial charge in [0.1, 0.15) is 0 Å². The van der Waals surface area contributed by atoms with Gasteiger partial charge in [0.05, 0.1) is 0 Å². The van der Waals surface area contributed by atoms with E-state index in [1.807, 2.05) is 7.05 Å². The topological polar surface area (TPSA) is 35.5 Å². The zero-order valence-corrected chi connectivity index (χ0v) is 11.4. The highest BCUT2D eigenvalue weighted by atomic mass is 16.3. The molecule has 2 unspecified atom stereocenters. The second-order valence-electron chi connectivity index (χ2n) is 5.12. The Balaban J connectivity index is 2.04. The molecule has 0 bridgehead atoms. The van der Waals surface area contributed by atoms with Crippen LogP contribution in [-0.2, 0) is 0 Å². The monoisotopic (exact) mass is 248 g/mol. The number of nitrogens with zero attached hydrogens (tertiary/aromatic N) is 1. The first kappa shape index (κ1) is 13.4. The molecule has 0 radical (unpaired) electrons. The van der Waals surface area contributed by atoms with E-state index in [9.17, 15) is 5.11 Å². The number of rotatable bonds is 5. The van der Waals surface area contributed by atoms with Crippen molar-refractivity contribution >= 4 is 5.69 Å². The highest BCUT2D eigenvalue weighted by molar-refractivity contribution is 5.49. The van der Waals surface area contributed by atoms with E-state index in [-0.39, 0.29) is 0 Å². The molecule has 18 heavy (non-hydrogen) atoms. The predicted octanol–water partition coefficient (Wildman–Crippen LogP) is 2.18. The van der Waals surface area contributed by atoms with Gasteiger partial charge >= 0.3 is 0 Å². The second-order valence-corrected chi connectivity index (χ2v) is 5.12. The lowest BCUT2D eigenvalue weighted by Crippen LogP contribution is -2.21. The van der Waals surface area contributed by atoms with Gasteiger partial charge in [0.2, 0.25) is 0 Å². The summed E-state index contributed by atoms with van der Waals surface area (Å²) in [6.07, 6.45) is 2.21. The molecule has 2 rings (SSSR count). The van der Waals surface area contributed by atoms with Crippen molar-refractivity contribution in [1.29, 1.82) is 0 Å². The Hall–Kier alpha value is -1.06. The summed E-state index contributed by atoms with van der Waals surface area (Å²) in [7, 11) is 2.01. The standard InChI is InChI=1S/C15H24N2O/c1-3-15(16-2)13-4-6-14(7-5-13)17-9-8-12(10-17)11-18/h4-7,12,15-16,18H,3,8-11H2,1-2H3. The Labute approximate surface area is 110 Å². The van der Waals surface area contributed by atoms with Crippen LogP contribution in [0.3, 0.4) is 0 Å². The van der Waals surface area contributed by atoms with Gasteiger partial charge in [0.15, 0.2) is 0 Å². The lowest BCUT2D eigenvalue weighted by Gasteiger charge is -2.20. The minimum absolute atomic E-state index is 0.312. The third-order valence-corrected chi connectivity index (χ3v) is 3.96. The van der Waals surface area contributed by atoms with Crippen molar-refractivity contribution in [2.24, 2.45) is 5.92 Å². The lowest BCUT2D eigenvalue weighted by atomic mass is 10.0. The van der Waals surface area contributed by atoms with E-state index >= 15 is 0 Å². The van der Waals surface area contributed by atoms with Crippen LogP contribution in [0.25, 0.3) is 0 Å². The highest BCUT2D eigenvalue weighted by Gasteiger charge is 2.21. The molecule has 0 aliphatic carbocycles. The molecule has 1 aromatic carbocycles. The van der Waals surface area contributed by atoms with E-state index in [0.29, 0.717) is 18.6 Å². The van der Waals surface area contributed by atoms with Crippen LogP contribution in [0.2, 0.25) is 0 Å². The number of hydrogen-bond acceptors (Lipinski definition) is 3. The maximum atomic E-state index is 9.18. The van der Waals surface area contributed by atoms with Gasteiger partial charge in [-0.25, -0.2) is 0 Å². The van der Waals surface area contributed by atoms with Crippen molar-refractivity contribution in [2.75, 3.05) is 31.6 Å². The fourth-order valence-corrected chi connectivity index (χ4v) is 2.74. The lowest BCUT2D eigenvalue weighted by molar-refractivity contribution is 0.238. The molecule has 1 aromatic rings. The van der Waals surface area contributed by atoms with Crippen LogP contribution in [0.1, 0.15) is 31.4 Å². The Morgan fingerprint density at radius 3 is 2.61 bits per heavy atom. The Morgan fingerprint density at radius 1 is 1.39 bits per heavy atom. The molecule has 1 fully saturated rings. The minimum Gasteiger partial charge on any atom is -0.396 e. The molecule has 1 saturated heterocycles. The van der Waals surface area contributed by atoms with Gasteiger partial charge in [-0.1, -0.05) is 19.1 Å². The number of nitrogens with one attached hydrogen (secondary N) is 1. The summed E-state index contributed by atoms with van der Waals surface area (Å²) in [5.74, 6) is 0.449. The molecule has 3 heteroatoms. The predicted molar refractivity (Wildman–Crippen MR) is 75.9 cm³/mol. The molecule has 100 valence electrons. The number of aliphatic hydroxyl groups excluding tert-OH is 1. The molecule has 2 N–H and O–H groups in total. The first-order chi connectivity index (χ1) is 8.78. The molecule has 1 heterocycles. The van der Waals surface area contributed by atoms with E-state index in [0.717, 1.165) is 25.9 Å². The van der Waals surface area contributed by atoms with Crippen LogP contribution in [0.4, 0.5) is 5.69 Å². The van der Waals surface area contributed by atoms with Crippen LogP contribution >= 0.6 is 0 Å². The van der Waals surface area contributed by atoms with E-state index in [1.165, 1.54) is 11.3 Å². The summed E-state index contributed by atoms with van der Waals surface area (Å²) in [6.45, 7) is 4.56. The molecular formula is C15H24N2O. The smallest absolute Gasteiger partial charge is 0.0476 e. The summed E-state index contributed by atoms with van der Waals surface area (Å²) in [4.78, 5) is 2.37. The average Bonchev–Trinajstić information content (AvgIpc) is 2.90. The van der Waals surface area contributed by atoms with Gasteiger partial charge in [0.25, 0.3) is 0 Å². The fourth-order valence-electron chi connectivity index (χ4n) is 2.74. The summed E-state index contributed by atoms with van der Waals surface area (Å²) >= 11 is 0. The Kier molecular flexibility index (Phi) is 4.61. The largest absolute Gasteiger partial charge is 0.396 e. The number of anilines is 1. The Morgan fingerprint density at radius 2 is 2.11 bits per heavy atom. The van der Waals surface area contributed by atoms with Gasteiger partial charge in [-0.05, 0) is 37.6 Å². The maximum Gasteiger partial charge on any atom is 0.0476 e.